The Balaban J connectivity index is 1.50. The van der Waals surface area contributed by atoms with Crippen LogP contribution in [0.5, 0.6) is 11.5 Å². The average molecular weight is 421 g/mol. The third-order valence-electron chi connectivity index (χ3n) is 5.43. The summed E-state index contributed by atoms with van der Waals surface area (Å²) >= 11 is 0. The van der Waals surface area contributed by atoms with Gasteiger partial charge in [-0.3, -0.25) is 14.4 Å². The lowest BCUT2D eigenvalue weighted by atomic mass is 10.1. The third kappa shape index (κ3) is 4.09. The van der Waals surface area contributed by atoms with Gasteiger partial charge in [-0.15, -0.1) is 0 Å². The highest BCUT2D eigenvalue weighted by Crippen LogP contribution is 2.31. The summed E-state index contributed by atoms with van der Waals surface area (Å²) in [5.41, 5.74) is 2.08. The van der Waals surface area contributed by atoms with Crippen molar-refractivity contribution in [2.75, 3.05) is 31.4 Å². The molecule has 0 radical (unpaired) electrons. The molecule has 2 aliphatic heterocycles. The van der Waals surface area contributed by atoms with Crippen molar-refractivity contribution >= 4 is 35.2 Å². The van der Waals surface area contributed by atoms with E-state index in [2.05, 4.69) is 10.6 Å². The molecule has 1 fully saturated rings. The molecular formula is C23H23N3O5. The molecule has 31 heavy (non-hydrogen) atoms. The number of carbonyl (C=O) groups excluding carboxylic acids is 3. The number of amides is 3. The number of hydrogen-bond acceptors (Lipinski definition) is 5. The van der Waals surface area contributed by atoms with Crippen molar-refractivity contribution in [1.29, 1.82) is 0 Å². The van der Waals surface area contributed by atoms with Crippen LogP contribution in [-0.2, 0) is 9.59 Å². The molecular weight excluding hydrogens is 398 g/mol. The molecule has 2 N–H and O–H groups in total. The van der Waals surface area contributed by atoms with Gasteiger partial charge in [0, 0.05) is 18.3 Å². The van der Waals surface area contributed by atoms with Crippen LogP contribution < -0.4 is 20.1 Å². The van der Waals surface area contributed by atoms with Crippen molar-refractivity contribution in [3.05, 3.63) is 53.6 Å². The fraction of sp³-hybridized carbons (Fsp3) is 0.261. The van der Waals surface area contributed by atoms with Gasteiger partial charge in [-0.05, 0) is 54.8 Å². The zero-order valence-electron chi connectivity index (χ0n) is 17.3. The maximum absolute atomic E-state index is 12.9. The number of nitrogens with zero attached hydrogens (tertiary/aromatic N) is 1. The van der Waals surface area contributed by atoms with Crippen molar-refractivity contribution < 1.29 is 23.9 Å². The maximum atomic E-state index is 12.9. The second-order valence-corrected chi connectivity index (χ2v) is 7.34. The molecule has 8 heteroatoms. The molecule has 2 heterocycles. The van der Waals surface area contributed by atoms with E-state index in [0.717, 1.165) is 12.0 Å². The monoisotopic (exact) mass is 421 g/mol. The minimum absolute atomic E-state index is 0.167. The van der Waals surface area contributed by atoms with Gasteiger partial charge in [-0.1, -0.05) is 6.07 Å². The Morgan fingerprint density at radius 3 is 2.71 bits per heavy atom. The van der Waals surface area contributed by atoms with Gasteiger partial charge in [0.1, 0.15) is 6.04 Å². The van der Waals surface area contributed by atoms with Crippen LogP contribution >= 0.6 is 0 Å². The standard InChI is InChI=1S/C23H23N3O5/c1-30-19-9-5-14(12-20(19)31-2)6-10-21(27)24-15-7-8-17-16(13-15)23(29)26-11-3-4-18(26)22(28)25-17/h5-10,12-13,18H,3-4,11H2,1-2H3,(H,24,27)(H,25,28)/b10-6+/t18-/m1/s1. The normalized spacial score (nSPS) is 17.6. The minimum atomic E-state index is -0.428. The number of fused-ring (bicyclic) bond motifs is 2. The molecule has 0 saturated carbocycles. The van der Waals surface area contributed by atoms with Gasteiger partial charge in [0.15, 0.2) is 11.5 Å². The highest BCUT2D eigenvalue weighted by Gasteiger charge is 2.38. The second-order valence-electron chi connectivity index (χ2n) is 7.34. The molecule has 0 aromatic heterocycles. The topological polar surface area (TPSA) is 97.0 Å². The quantitative estimate of drug-likeness (QED) is 0.724. The zero-order chi connectivity index (χ0) is 22.0. The van der Waals surface area contributed by atoms with Gasteiger partial charge in [-0.25, -0.2) is 0 Å². The van der Waals surface area contributed by atoms with Crippen LogP contribution in [0.1, 0.15) is 28.8 Å². The highest BCUT2D eigenvalue weighted by atomic mass is 16.5. The van der Waals surface area contributed by atoms with Crippen molar-refractivity contribution in [2.24, 2.45) is 0 Å². The summed E-state index contributed by atoms with van der Waals surface area (Å²) in [5, 5.41) is 5.58. The SMILES string of the molecule is COc1ccc(/C=C/C(=O)Nc2ccc3c(c2)C(=O)N2CCC[C@@H]2C(=O)N3)cc1OC. The molecule has 0 unspecified atom stereocenters. The number of ether oxygens (including phenoxy) is 2. The van der Waals surface area contributed by atoms with E-state index in [1.807, 2.05) is 0 Å². The van der Waals surface area contributed by atoms with Crippen molar-refractivity contribution in [1.82, 2.24) is 4.90 Å². The van der Waals surface area contributed by atoms with Crippen LogP contribution in [0.2, 0.25) is 0 Å². The summed E-state index contributed by atoms with van der Waals surface area (Å²) in [7, 11) is 3.10. The average Bonchev–Trinajstić information content (AvgIpc) is 3.25. The number of carbonyl (C=O) groups is 3. The van der Waals surface area contributed by atoms with E-state index in [0.29, 0.717) is 41.4 Å². The number of hydrogen-bond donors (Lipinski definition) is 2. The summed E-state index contributed by atoms with van der Waals surface area (Å²) in [5.74, 6) is 0.452. The molecule has 2 aromatic rings. The first kappa shape index (κ1) is 20.5. The maximum Gasteiger partial charge on any atom is 0.256 e. The summed E-state index contributed by atoms with van der Waals surface area (Å²) in [6.45, 7) is 0.557. The van der Waals surface area contributed by atoms with Crippen LogP contribution in [0, 0.1) is 0 Å². The van der Waals surface area contributed by atoms with Gasteiger partial charge in [0.05, 0.1) is 25.5 Å². The van der Waals surface area contributed by atoms with E-state index < -0.39 is 6.04 Å². The summed E-state index contributed by atoms with van der Waals surface area (Å²) in [6.07, 6.45) is 4.51. The molecule has 160 valence electrons. The summed E-state index contributed by atoms with van der Waals surface area (Å²) in [6, 6.07) is 9.80. The molecule has 8 nitrogen and oxygen atoms in total. The highest BCUT2D eigenvalue weighted by molar-refractivity contribution is 6.11. The van der Waals surface area contributed by atoms with E-state index in [-0.39, 0.29) is 17.7 Å². The largest absolute Gasteiger partial charge is 0.493 e. The van der Waals surface area contributed by atoms with Gasteiger partial charge >= 0.3 is 0 Å². The van der Waals surface area contributed by atoms with Crippen molar-refractivity contribution in [2.45, 2.75) is 18.9 Å². The second kappa shape index (κ2) is 8.51. The van der Waals surface area contributed by atoms with Crippen LogP contribution in [0.15, 0.2) is 42.5 Å². The number of nitrogens with one attached hydrogen (secondary N) is 2. The predicted molar refractivity (Wildman–Crippen MR) is 116 cm³/mol. The van der Waals surface area contributed by atoms with Crippen molar-refractivity contribution in [3.63, 3.8) is 0 Å². The lowest BCUT2D eigenvalue weighted by Gasteiger charge is -2.20. The zero-order valence-corrected chi connectivity index (χ0v) is 17.3. The van der Waals surface area contributed by atoms with Gasteiger partial charge in [0.25, 0.3) is 5.91 Å². The molecule has 2 aromatic carbocycles. The minimum Gasteiger partial charge on any atom is -0.493 e. The van der Waals surface area contributed by atoms with Crippen LogP contribution in [0.25, 0.3) is 6.08 Å². The van der Waals surface area contributed by atoms with Gasteiger partial charge in [0.2, 0.25) is 11.8 Å². The summed E-state index contributed by atoms with van der Waals surface area (Å²) in [4.78, 5) is 39.3. The fourth-order valence-electron chi connectivity index (χ4n) is 3.87. The molecule has 2 aliphatic rings. The van der Waals surface area contributed by atoms with E-state index >= 15 is 0 Å². The Bertz CT molecular complexity index is 1080. The van der Waals surface area contributed by atoms with Crippen LogP contribution in [-0.4, -0.2) is 49.4 Å². The van der Waals surface area contributed by atoms with Gasteiger partial charge < -0.3 is 25.0 Å². The molecule has 3 amide bonds. The number of rotatable bonds is 5. The lowest BCUT2D eigenvalue weighted by molar-refractivity contribution is -0.119. The van der Waals surface area contributed by atoms with E-state index in [4.69, 9.17) is 9.47 Å². The first-order valence-corrected chi connectivity index (χ1v) is 9.97. The Morgan fingerprint density at radius 2 is 1.94 bits per heavy atom. The summed E-state index contributed by atoms with van der Waals surface area (Å²) < 4.78 is 10.5. The fourth-order valence-corrected chi connectivity index (χ4v) is 3.87. The first-order chi connectivity index (χ1) is 15.0. The third-order valence-corrected chi connectivity index (χ3v) is 5.43. The Morgan fingerprint density at radius 1 is 1.13 bits per heavy atom. The van der Waals surface area contributed by atoms with Crippen LogP contribution in [0.4, 0.5) is 11.4 Å². The lowest BCUT2D eigenvalue weighted by Crippen LogP contribution is -2.40. The molecule has 0 aliphatic carbocycles. The molecule has 1 saturated heterocycles. The van der Waals surface area contributed by atoms with E-state index in [1.165, 1.54) is 6.08 Å². The Kier molecular flexibility index (Phi) is 5.62. The Hall–Kier alpha value is -3.81. The number of benzene rings is 2. The van der Waals surface area contributed by atoms with E-state index in [1.54, 1.807) is 61.6 Å². The molecule has 1 atom stereocenters. The molecule has 4 rings (SSSR count). The van der Waals surface area contributed by atoms with Crippen LogP contribution in [0.3, 0.4) is 0 Å². The number of anilines is 2. The number of methoxy groups -OCH3 is 2. The Labute approximate surface area is 179 Å². The van der Waals surface area contributed by atoms with Crippen molar-refractivity contribution in [3.8, 4) is 11.5 Å². The van der Waals surface area contributed by atoms with E-state index in [9.17, 15) is 14.4 Å². The molecule has 0 bridgehead atoms. The first-order valence-electron chi connectivity index (χ1n) is 9.97. The molecule has 0 spiro atoms. The van der Waals surface area contributed by atoms with Gasteiger partial charge in [-0.2, -0.15) is 0 Å². The smallest absolute Gasteiger partial charge is 0.256 e. The predicted octanol–water partition coefficient (Wildman–Crippen LogP) is 2.91.